The second kappa shape index (κ2) is 7.25. The lowest BCUT2D eigenvalue weighted by Crippen LogP contribution is -2.55. The summed E-state index contributed by atoms with van der Waals surface area (Å²) in [5, 5.41) is 2.68. The van der Waals surface area contributed by atoms with Gasteiger partial charge in [-0.05, 0) is 39.8 Å². The molecule has 2 rings (SSSR count). The molecule has 1 saturated heterocycles. The predicted molar refractivity (Wildman–Crippen MR) is 91.8 cm³/mol. The highest BCUT2D eigenvalue weighted by molar-refractivity contribution is 7.86. The van der Waals surface area contributed by atoms with Gasteiger partial charge in [-0.1, -0.05) is 17.7 Å². The molecule has 1 aliphatic heterocycles. The number of carbonyl (C=O) groups excluding carboxylic acids is 2. The number of hydrogen-bond acceptors (Lipinski definition) is 3. The van der Waals surface area contributed by atoms with Crippen LogP contribution in [0.4, 0.5) is 0 Å². The van der Waals surface area contributed by atoms with Crippen molar-refractivity contribution in [2.24, 2.45) is 0 Å². The van der Waals surface area contributed by atoms with E-state index in [2.05, 4.69) is 5.32 Å². The maximum atomic E-state index is 12.5. The van der Waals surface area contributed by atoms with Gasteiger partial charge in [0.05, 0.1) is 0 Å². The molecule has 0 radical (unpaired) electrons. The number of nitrogens with zero attached hydrogens (tertiary/aromatic N) is 1. The van der Waals surface area contributed by atoms with E-state index in [1.165, 1.54) is 0 Å². The summed E-state index contributed by atoms with van der Waals surface area (Å²) in [6.45, 7) is 8.34. The van der Waals surface area contributed by atoms with Crippen LogP contribution in [0.15, 0.2) is 24.3 Å². The average molecular weight is 336 g/mol. The van der Waals surface area contributed by atoms with Crippen LogP contribution in [0.25, 0.3) is 0 Å². The van der Waals surface area contributed by atoms with Crippen molar-refractivity contribution in [3.05, 3.63) is 35.4 Å². The van der Waals surface area contributed by atoms with E-state index in [9.17, 15) is 13.8 Å². The van der Waals surface area contributed by atoms with Gasteiger partial charge in [-0.15, -0.1) is 0 Å². The third-order valence-corrected chi connectivity index (χ3v) is 5.94. The summed E-state index contributed by atoms with van der Waals surface area (Å²) in [5.41, 5.74) is 1.55. The Morgan fingerprint density at radius 1 is 1.26 bits per heavy atom. The van der Waals surface area contributed by atoms with E-state index in [0.717, 1.165) is 5.56 Å². The van der Waals surface area contributed by atoms with Crippen LogP contribution in [-0.4, -0.2) is 50.6 Å². The van der Waals surface area contributed by atoms with E-state index in [0.29, 0.717) is 18.7 Å². The number of rotatable bonds is 3. The molecule has 1 N–H and O–H groups in total. The van der Waals surface area contributed by atoms with Crippen LogP contribution < -0.4 is 5.32 Å². The summed E-state index contributed by atoms with van der Waals surface area (Å²) in [6.07, 6.45) is 0. The van der Waals surface area contributed by atoms with E-state index in [-0.39, 0.29) is 22.3 Å². The summed E-state index contributed by atoms with van der Waals surface area (Å²) in [5.74, 6) is -0.377. The molecule has 0 bridgehead atoms. The number of benzene rings is 1. The van der Waals surface area contributed by atoms with Crippen LogP contribution in [0.1, 0.15) is 36.7 Å². The van der Waals surface area contributed by atoms with Crippen LogP contribution in [0.5, 0.6) is 0 Å². The van der Waals surface area contributed by atoms with Crippen molar-refractivity contribution in [1.29, 1.82) is 0 Å². The second-order valence-electron chi connectivity index (χ2n) is 6.26. The summed E-state index contributed by atoms with van der Waals surface area (Å²) >= 11 is 0. The third-order valence-electron chi connectivity index (χ3n) is 4.06. The van der Waals surface area contributed by atoms with Crippen molar-refractivity contribution in [1.82, 2.24) is 10.2 Å². The quantitative estimate of drug-likeness (QED) is 0.909. The maximum absolute atomic E-state index is 12.5. The van der Waals surface area contributed by atoms with Crippen molar-refractivity contribution in [3.8, 4) is 0 Å². The first-order valence-corrected chi connectivity index (χ1v) is 9.13. The Morgan fingerprint density at radius 2 is 1.87 bits per heavy atom. The van der Waals surface area contributed by atoms with Crippen LogP contribution in [-0.2, 0) is 15.6 Å². The molecule has 126 valence electrons. The molecular formula is C17H24N2O3S. The van der Waals surface area contributed by atoms with Gasteiger partial charge >= 0.3 is 0 Å². The molecule has 0 aromatic heterocycles. The highest BCUT2D eigenvalue weighted by Crippen LogP contribution is 2.15. The fourth-order valence-corrected chi connectivity index (χ4v) is 4.27. The molecule has 2 amide bonds. The summed E-state index contributed by atoms with van der Waals surface area (Å²) in [6, 6.07) is 6.66. The molecule has 3 atom stereocenters. The molecule has 1 aromatic carbocycles. The fraction of sp³-hybridized carbons (Fsp3) is 0.529. The second-order valence-corrected chi connectivity index (χ2v) is 8.52. The lowest BCUT2D eigenvalue weighted by molar-refractivity contribution is -0.133. The van der Waals surface area contributed by atoms with E-state index in [4.69, 9.17) is 0 Å². The minimum absolute atomic E-state index is 0.0395. The highest BCUT2D eigenvalue weighted by Gasteiger charge is 2.33. The summed E-state index contributed by atoms with van der Waals surface area (Å²) < 4.78 is 12.0. The lowest BCUT2D eigenvalue weighted by Gasteiger charge is -2.35. The number of nitrogens with one attached hydrogen (secondary N) is 1. The molecule has 1 aromatic rings. The molecule has 6 heteroatoms. The highest BCUT2D eigenvalue weighted by atomic mass is 32.2. The first-order valence-electron chi connectivity index (χ1n) is 7.85. The standard InChI is InChI=1S/C17H24N2O3S/c1-11-6-5-7-15(8-11)16(20)18-14(4)17(21)19-9-12(2)23(22)13(3)10-19/h5-8,12-14H,9-10H2,1-4H3,(H,18,20). The Labute approximate surface area is 139 Å². The van der Waals surface area contributed by atoms with Gasteiger partial charge in [0.15, 0.2) is 0 Å². The molecule has 0 saturated carbocycles. The molecule has 23 heavy (non-hydrogen) atoms. The maximum Gasteiger partial charge on any atom is 0.251 e. The van der Waals surface area contributed by atoms with Crippen LogP contribution in [0.2, 0.25) is 0 Å². The van der Waals surface area contributed by atoms with E-state index in [1.807, 2.05) is 32.9 Å². The molecule has 5 nitrogen and oxygen atoms in total. The Kier molecular flexibility index (Phi) is 5.57. The van der Waals surface area contributed by atoms with Gasteiger partial charge in [0.1, 0.15) is 6.04 Å². The van der Waals surface area contributed by atoms with Gasteiger partial charge in [-0.3, -0.25) is 13.8 Å². The van der Waals surface area contributed by atoms with E-state index >= 15 is 0 Å². The fourth-order valence-electron chi connectivity index (χ4n) is 2.82. The Morgan fingerprint density at radius 3 is 2.43 bits per heavy atom. The minimum atomic E-state index is -0.904. The van der Waals surface area contributed by atoms with Crippen molar-refractivity contribution >= 4 is 22.6 Å². The Bertz CT molecular complexity index is 618. The number of carbonyl (C=O) groups is 2. The number of hydrogen-bond donors (Lipinski definition) is 1. The van der Waals surface area contributed by atoms with Crippen molar-refractivity contribution in [3.63, 3.8) is 0 Å². The van der Waals surface area contributed by atoms with Gasteiger partial charge in [-0.25, -0.2) is 0 Å². The molecule has 0 spiro atoms. The van der Waals surface area contributed by atoms with Crippen LogP contribution in [0.3, 0.4) is 0 Å². The van der Waals surface area contributed by atoms with Crippen LogP contribution >= 0.6 is 0 Å². The summed E-state index contributed by atoms with van der Waals surface area (Å²) in [7, 11) is -0.904. The zero-order chi connectivity index (χ0) is 17.1. The van der Waals surface area contributed by atoms with Gasteiger partial charge in [0, 0.05) is 40.0 Å². The normalized spacial score (nSPS) is 25.7. The molecule has 1 heterocycles. The Balaban J connectivity index is 2.00. The van der Waals surface area contributed by atoms with Gasteiger partial charge in [0.2, 0.25) is 5.91 Å². The molecule has 1 aliphatic rings. The largest absolute Gasteiger partial charge is 0.341 e. The van der Waals surface area contributed by atoms with Gasteiger partial charge in [-0.2, -0.15) is 0 Å². The summed E-state index contributed by atoms with van der Waals surface area (Å²) in [4.78, 5) is 26.5. The van der Waals surface area contributed by atoms with Crippen molar-refractivity contribution in [2.45, 2.75) is 44.2 Å². The monoisotopic (exact) mass is 336 g/mol. The van der Waals surface area contributed by atoms with E-state index < -0.39 is 16.8 Å². The molecule has 1 fully saturated rings. The lowest BCUT2D eigenvalue weighted by atomic mass is 10.1. The SMILES string of the molecule is Cc1cccc(C(=O)NC(C)C(=O)N2CC(C)S(=O)C(C)C2)c1. The van der Waals surface area contributed by atoms with Crippen LogP contribution in [0, 0.1) is 6.92 Å². The smallest absolute Gasteiger partial charge is 0.251 e. The topological polar surface area (TPSA) is 66.5 Å². The first-order chi connectivity index (χ1) is 10.8. The van der Waals surface area contributed by atoms with E-state index in [1.54, 1.807) is 24.0 Å². The third kappa shape index (κ3) is 4.19. The van der Waals surface area contributed by atoms with Crippen molar-refractivity contribution < 1.29 is 13.8 Å². The number of aryl methyl sites for hydroxylation is 1. The zero-order valence-electron chi connectivity index (χ0n) is 14.0. The van der Waals surface area contributed by atoms with Crippen molar-refractivity contribution in [2.75, 3.05) is 13.1 Å². The molecular weight excluding hydrogens is 312 g/mol. The Hall–Kier alpha value is -1.69. The zero-order valence-corrected chi connectivity index (χ0v) is 14.9. The average Bonchev–Trinajstić information content (AvgIpc) is 2.51. The molecule has 3 unspecified atom stereocenters. The first kappa shape index (κ1) is 17.7. The van der Waals surface area contributed by atoms with Gasteiger partial charge < -0.3 is 10.2 Å². The van der Waals surface area contributed by atoms with Gasteiger partial charge in [0.25, 0.3) is 5.91 Å². The molecule has 0 aliphatic carbocycles. The minimum Gasteiger partial charge on any atom is -0.341 e. The predicted octanol–water partition coefficient (Wildman–Crippen LogP) is 1.48. The number of amides is 2.